The summed E-state index contributed by atoms with van der Waals surface area (Å²) >= 11 is 0. The first-order valence-corrected chi connectivity index (χ1v) is 4.83. The monoisotopic (exact) mass is 220 g/mol. The van der Waals surface area contributed by atoms with Crippen LogP contribution in [-0.4, -0.2) is 13.2 Å². The minimum Gasteiger partial charge on any atom is -0.489 e. The average Bonchev–Trinajstić information content (AvgIpc) is 2.32. The highest BCUT2D eigenvalue weighted by molar-refractivity contribution is 5.45. The fraction of sp³-hybridized carbons (Fsp3) is 0.250. The van der Waals surface area contributed by atoms with Gasteiger partial charge in [0.05, 0.1) is 18.0 Å². The predicted octanol–water partition coefficient (Wildman–Crippen LogP) is 2.06. The van der Waals surface area contributed by atoms with Crippen molar-refractivity contribution in [3.05, 3.63) is 41.2 Å². The molecule has 0 bridgehead atoms. The average molecular weight is 220 g/mol. The summed E-state index contributed by atoms with van der Waals surface area (Å²) in [6.07, 6.45) is 0.448. The van der Waals surface area contributed by atoms with Gasteiger partial charge in [0.15, 0.2) is 0 Å². The summed E-state index contributed by atoms with van der Waals surface area (Å²) in [6.45, 7) is 2.01. The van der Waals surface area contributed by atoms with E-state index in [-0.39, 0.29) is 13.2 Å². The zero-order valence-electron chi connectivity index (χ0n) is 9.03. The van der Waals surface area contributed by atoms with E-state index in [9.17, 15) is 4.39 Å². The van der Waals surface area contributed by atoms with Crippen molar-refractivity contribution in [1.29, 1.82) is 5.26 Å². The quantitative estimate of drug-likeness (QED) is 0.844. The van der Waals surface area contributed by atoms with E-state index >= 15 is 0 Å². The molecule has 84 valence electrons. The number of halogens is 1. The largest absolute Gasteiger partial charge is 0.489 e. The van der Waals surface area contributed by atoms with Crippen LogP contribution in [0.1, 0.15) is 11.1 Å². The number of ether oxygens (including phenoxy) is 1. The molecule has 0 saturated carbocycles. The second-order valence-corrected chi connectivity index (χ2v) is 3.30. The number of benzene rings is 1. The molecule has 3 nitrogen and oxygen atoms in total. The summed E-state index contributed by atoms with van der Waals surface area (Å²) in [6, 6.07) is 7.23. The number of hydrogen-bond donors (Lipinski definition) is 1. The third kappa shape index (κ3) is 2.81. The van der Waals surface area contributed by atoms with Gasteiger partial charge in [0, 0.05) is 17.7 Å². The number of nitrogens with zero attached hydrogens (tertiary/aromatic N) is 1. The first-order chi connectivity index (χ1) is 7.72. The summed E-state index contributed by atoms with van der Waals surface area (Å²) in [5.74, 6) is 0.576. The Morgan fingerprint density at radius 1 is 1.62 bits per heavy atom. The van der Waals surface area contributed by atoms with Gasteiger partial charge in [-0.2, -0.15) is 5.26 Å². The zero-order chi connectivity index (χ0) is 12.0. The van der Waals surface area contributed by atoms with E-state index < -0.39 is 0 Å². The van der Waals surface area contributed by atoms with Gasteiger partial charge in [-0.3, -0.25) is 0 Å². The van der Waals surface area contributed by atoms with Crippen LogP contribution < -0.4 is 10.5 Å². The van der Waals surface area contributed by atoms with Crippen molar-refractivity contribution in [2.75, 3.05) is 13.2 Å². The van der Waals surface area contributed by atoms with Gasteiger partial charge < -0.3 is 10.5 Å². The maximum Gasteiger partial charge on any atom is 0.124 e. The van der Waals surface area contributed by atoms with Gasteiger partial charge in [-0.1, -0.05) is 6.07 Å². The van der Waals surface area contributed by atoms with Crippen molar-refractivity contribution >= 4 is 0 Å². The summed E-state index contributed by atoms with van der Waals surface area (Å²) in [4.78, 5) is 0. The van der Waals surface area contributed by atoms with Gasteiger partial charge in [0.2, 0.25) is 0 Å². The minimum atomic E-state index is 0.0999. The Kier molecular flexibility index (Phi) is 4.49. The molecule has 0 unspecified atom stereocenters. The van der Waals surface area contributed by atoms with Crippen LogP contribution >= 0.6 is 0 Å². The van der Waals surface area contributed by atoms with Crippen LogP contribution in [0.15, 0.2) is 30.1 Å². The maximum atomic E-state index is 12.2. The van der Waals surface area contributed by atoms with Crippen LogP contribution in [-0.2, 0) is 0 Å². The molecule has 0 spiro atoms. The first kappa shape index (κ1) is 12.2. The first-order valence-electron chi connectivity index (χ1n) is 4.83. The topological polar surface area (TPSA) is 59.0 Å². The minimum absolute atomic E-state index is 0.0999. The van der Waals surface area contributed by atoms with Crippen molar-refractivity contribution in [1.82, 2.24) is 0 Å². The molecule has 0 aromatic heterocycles. The van der Waals surface area contributed by atoms with Crippen LogP contribution in [0.5, 0.6) is 5.75 Å². The Bertz CT molecular complexity index is 435. The summed E-state index contributed by atoms with van der Waals surface area (Å²) in [7, 11) is 0. The number of nitriles is 1. The van der Waals surface area contributed by atoms with Crippen LogP contribution in [0.4, 0.5) is 4.39 Å². The number of hydrogen-bond acceptors (Lipinski definition) is 3. The molecule has 4 heteroatoms. The molecule has 1 aromatic rings. The Balaban J connectivity index is 2.79. The third-order valence-electron chi connectivity index (χ3n) is 2.23. The van der Waals surface area contributed by atoms with Gasteiger partial charge >= 0.3 is 0 Å². The lowest BCUT2D eigenvalue weighted by Gasteiger charge is -2.10. The molecule has 0 fully saturated rings. The van der Waals surface area contributed by atoms with Crippen molar-refractivity contribution in [3.63, 3.8) is 0 Å². The van der Waals surface area contributed by atoms with Crippen molar-refractivity contribution < 1.29 is 9.13 Å². The highest BCUT2D eigenvalue weighted by atomic mass is 19.1. The summed E-state index contributed by atoms with van der Waals surface area (Å²) in [5, 5.41) is 8.82. The second kappa shape index (κ2) is 5.89. The van der Waals surface area contributed by atoms with E-state index in [0.29, 0.717) is 23.2 Å². The van der Waals surface area contributed by atoms with Crippen LogP contribution in [0.25, 0.3) is 0 Å². The molecule has 2 N–H and O–H groups in total. The van der Waals surface area contributed by atoms with Crippen molar-refractivity contribution in [2.24, 2.45) is 5.73 Å². The highest BCUT2D eigenvalue weighted by Crippen LogP contribution is 2.21. The maximum absolute atomic E-state index is 12.2. The summed E-state index contributed by atoms with van der Waals surface area (Å²) in [5.41, 5.74) is 6.98. The Morgan fingerprint density at radius 3 is 2.94 bits per heavy atom. The highest BCUT2D eigenvalue weighted by Gasteiger charge is 2.05. The lowest BCUT2D eigenvalue weighted by Crippen LogP contribution is -2.11. The SMILES string of the molecule is Cc1c(C#N)cccc1OCC(=CF)CN. The number of nitrogens with two attached hydrogens (primary N) is 1. The molecule has 0 aliphatic carbocycles. The van der Waals surface area contributed by atoms with Gasteiger partial charge in [-0.25, -0.2) is 4.39 Å². The Labute approximate surface area is 93.9 Å². The van der Waals surface area contributed by atoms with E-state index in [0.717, 1.165) is 5.56 Å². The molecule has 0 amide bonds. The molecular weight excluding hydrogens is 207 g/mol. The van der Waals surface area contributed by atoms with E-state index in [4.69, 9.17) is 15.7 Å². The van der Waals surface area contributed by atoms with Crippen molar-refractivity contribution in [3.8, 4) is 11.8 Å². The number of rotatable bonds is 4. The Morgan fingerprint density at radius 2 is 2.38 bits per heavy atom. The van der Waals surface area contributed by atoms with Gasteiger partial charge in [0.1, 0.15) is 12.4 Å². The normalized spacial score (nSPS) is 11.0. The smallest absolute Gasteiger partial charge is 0.124 e. The standard InChI is InChI=1S/C12H13FN2O/c1-9-11(7-15)3-2-4-12(9)16-8-10(5-13)6-14/h2-5H,6,8,14H2,1H3. The molecule has 1 rings (SSSR count). The zero-order valence-corrected chi connectivity index (χ0v) is 9.03. The Hall–Kier alpha value is -1.86. The molecular formula is C12H13FN2O. The van der Waals surface area contributed by atoms with Crippen molar-refractivity contribution in [2.45, 2.75) is 6.92 Å². The fourth-order valence-corrected chi connectivity index (χ4v) is 1.20. The second-order valence-electron chi connectivity index (χ2n) is 3.30. The third-order valence-corrected chi connectivity index (χ3v) is 2.23. The summed E-state index contributed by atoms with van der Waals surface area (Å²) < 4.78 is 17.6. The molecule has 1 aromatic carbocycles. The molecule has 0 heterocycles. The molecule has 0 aliphatic heterocycles. The van der Waals surface area contributed by atoms with Gasteiger partial charge in [-0.15, -0.1) is 0 Å². The van der Waals surface area contributed by atoms with Crippen LogP contribution in [0.2, 0.25) is 0 Å². The lowest BCUT2D eigenvalue weighted by molar-refractivity contribution is 0.345. The van der Waals surface area contributed by atoms with E-state index in [1.807, 2.05) is 0 Å². The van der Waals surface area contributed by atoms with E-state index in [1.165, 1.54) is 0 Å². The van der Waals surface area contributed by atoms with Gasteiger partial charge in [-0.05, 0) is 19.1 Å². The van der Waals surface area contributed by atoms with E-state index in [1.54, 1.807) is 25.1 Å². The predicted molar refractivity (Wildman–Crippen MR) is 59.6 cm³/mol. The molecule has 0 saturated heterocycles. The van der Waals surface area contributed by atoms with E-state index in [2.05, 4.69) is 6.07 Å². The van der Waals surface area contributed by atoms with Crippen LogP contribution in [0.3, 0.4) is 0 Å². The lowest BCUT2D eigenvalue weighted by atomic mass is 10.1. The molecule has 0 aliphatic rings. The molecule has 0 radical (unpaired) electrons. The molecule has 16 heavy (non-hydrogen) atoms. The molecule has 0 atom stereocenters. The van der Waals surface area contributed by atoms with Gasteiger partial charge in [0.25, 0.3) is 0 Å². The van der Waals surface area contributed by atoms with Crippen LogP contribution in [0, 0.1) is 18.3 Å². The fourth-order valence-electron chi connectivity index (χ4n) is 1.20.